The molecule has 1 fully saturated rings. The van der Waals surface area contributed by atoms with Gasteiger partial charge in [-0.1, -0.05) is 12.1 Å². The van der Waals surface area contributed by atoms with Crippen LogP contribution in [0.25, 0.3) is 0 Å². The van der Waals surface area contributed by atoms with Gasteiger partial charge in [0.15, 0.2) is 6.23 Å². The number of hydroxylamine groups is 2. The number of benzene rings is 1. The Morgan fingerprint density at radius 1 is 1.33 bits per heavy atom. The Hall–Kier alpha value is -1.06. The van der Waals surface area contributed by atoms with Gasteiger partial charge in [-0.05, 0) is 17.7 Å². The molecule has 3 heteroatoms. The van der Waals surface area contributed by atoms with E-state index < -0.39 is 0 Å². The first-order valence-corrected chi connectivity index (χ1v) is 3.85. The zero-order valence-electron chi connectivity index (χ0n) is 7.15. The monoisotopic (exact) mass is 165 g/mol. The van der Waals surface area contributed by atoms with Gasteiger partial charge < -0.3 is 4.74 Å². The lowest BCUT2D eigenvalue weighted by atomic mass is 10.2. The number of rotatable bonds is 2. The minimum atomic E-state index is 0.149. The molecule has 0 bridgehead atoms. The largest absolute Gasteiger partial charge is 0.497 e. The standard InChI is InChI=1S/C9H11NO2/c1-10-9(12-10)7-3-5-8(11-2)6-4-7/h3-6,9H,1-2H3/t9-,10?/m1/s1. The lowest BCUT2D eigenvalue weighted by molar-refractivity contribution is 0.233. The first-order valence-electron chi connectivity index (χ1n) is 3.85. The van der Waals surface area contributed by atoms with E-state index in [1.165, 1.54) is 5.56 Å². The predicted octanol–water partition coefficient (Wildman–Crippen LogP) is 1.57. The molecule has 1 heterocycles. The molecule has 0 saturated carbocycles. The fraction of sp³-hybridized carbons (Fsp3) is 0.333. The molecule has 0 spiro atoms. The molecule has 12 heavy (non-hydrogen) atoms. The van der Waals surface area contributed by atoms with Gasteiger partial charge in [-0.15, -0.1) is 0 Å². The van der Waals surface area contributed by atoms with E-state index in [0.29, 0.717) is 0 Å². The highest BCUT2D eigenvalue weighted by atomic mass is 16.8. The first kappa shape index (κ1) is 7.58. The molecular weight excluding hydrogens is 154 g/mol. The van der Waals surface area contributed by atoms with Crippen molar-refractivity contribution in [3.05, 3.63) is 29.8 Å². The van der Waals surface area contributed by atoms with E-state index in [2.05, 4.69) is 0 Å². The van der Waals surface area contributed by atoms with Crippen molar-refractivity contribution >= 4 is 0 Å². The van der Waals surface area contributed by atoms with E-state index >= 15 is 0 Å². The molecule has 1 aromatic carbocycles. The summed E-state index contributed by atoms with van der Waals surface area (Å²) in [4.78, 5) is 5.17. The summed E-state index contributed by atoms with van der Waals surface area (Å²) in [5.41, 5.74) is 1.17. The van der Waals surface area contributed by atoms with Crippen LogP contribution in [0.15, 0.2) is 24.3 Å². The van der Waals surface area contributed by atoms with Gasteiger partial charge in [-0.3, -0.25) is 4.84 Å². The maximum absolute atomic E-state index is 5.17. The Kier molecular flexibility index (Phi) is 1.75. The quantitative estimate of drug-likeness (QED) is 0.622. The third kappa shape index (κ3) is 1.29. The Bertz CT molecular complexity index is 270. The summed E-state index contributed by atoms with van der Waals surface area (Å²) in [7, 11) is 3.57. The molecule has 0 aromatic heterocycles. The van der Waals surface area contributed by atoms with Crippen molar-refractivity contribution in [2.75, 3.05) is 14.2 Å². The molecule has 1 aliphatic heterocycles. The van der Waals surface area contributed by atoms with Crippen LogP contribution >= 0.6 is 0 Å². The summed E-state index contributed by atoms with van der Waals surface area (Å²) in [6, 6.07) is 7.88. The lowest BCUT2D eigenvalue weighted by Crippen LogP contribution is -1.88. The van der Waals surface area contributed by atoms with E-state index in [4.69, 9.17) is 9.57 Å². The highest BCUT2D eigenvalue weighted by Gasteiger charge is 2.33. The molecule has 64 valence electrons. The van der Waals surface area contributed by atoms with Gasteiger partial charge in [0.2, 0.25) is 0 Å². The zero-order valence-corrected chi connectivity index (χ0v) is 7.15. The molecule has 3 nitrogen and oxygen atoms in total. The fourth-order valence-electron chi connectivity index (χ4n) is 1.17. The topological polar surface area (TPSA) is 24.8 Å². The van der Waals surface area contributed by atoms with Crippen LogP contribution < -0.4 is 4.74 Å². The molecule has 1 aliphatic rings. The van der Waals surface area contributed by atoms with Crippen LogP contribution in [0, 0.1) is 0 Å². The van der Waals surface area contributed by atoms with Crippen LogP contribution in [0.1, 0.15) is 11.8 Å². The van der Waals surface area contributed by atoms with Crippen molar-refractivity contribution in [3.63, 3.8) is 0 Å². The minimum Gasteiger partial charge on any atom is -0.497 e. The average molecular weight is 165 g/mol. The molecule has 0 amide bonds. The number of nitrogens with zero attached hydrogens (tertiary/aromatic N) is 1. The SMILES string of the molecule is COc1ccc([C@H]2ON2C)cc1. The number of ether oxygens (including phenoxy) is 1. The first-order chi connectivity index (χ1) is 5.81. The molecule has 0 radical (unpaired) electrons. The summed E-state index contributed by atoms with van der Waals surface area (Å²) in [5.74, 6) is 0.877. The van der Waals surface area contributed by atoms with E-state index in [-0.39, 0.29) is 6.23 Å². The van der Waals surface area contributed by atoms with E-state index in [1.54, 1.807) is 7.11 Å². The van der Waals surface area contributed by atoms with Gasteiger partial charge in [0.1, 0.15) is 5.75 Å². The van der Waals surface area contributed by atoms with Crippen molar-refractivity contribution in [1.82, 2.24) is 5.06 Å². The van der Waals surface area contributed by atoms with Crippen molar-refractivity contribution in [1.29, 1.82) is 0 Å². The highest BCUT2D eigenvalue weighted by Crippen LogP contribution is 2.34. The molecule has 1 saturated heterocycles. The molecular formula is C9H11NO2. The van der Waals surface area contributed by atoms with Gasteiger partial charge in [-0.2, -0.15) is 5.06 Å². The Morgan fingerprint density at radius 3 is 2.33 bits per heavy atom. The third-order valence-corrected chi connectivity index (χ3v) is 1.95. The molecule has 0 aliphatic carbocycles. The van der Waals surface area contributed by atoms with Crippen LogP contribution in [-0.4, -0.2) is 19.2 Å². The van der Waals surface area contributed by atoms with Crippen LogP contribution in [0.4, 0.5) is 0 Å². The second-order valence-electron chi connectivity index (χ2n) is 2.78. The zero-order chi connectivity index (χ0) is 8.55. The molecule has 0 N–H and O–H groups in total. The third-order valence-electron chi connectivity index (χ3n) is 1.95. The Morgan fingerprint density at radius 2 is 1.92 bits per heavy atom. The van der Waals surface area contributed by atoms with Gasteiger partial charge in [-0.25, -0.2) is 0 Å². The number of hydrogen-bond donors (Lipinski definition) is 0. The number of hydrogen-bond acceptors (Lipinski definition) is 3. The molecule has 1 aromatic rings. The summed E-state index contributed by atoms with van der Waals surface area (Å²) in [5, 5.41) is 1.81. The van der Waals surface area contributed by atoms with Crippen LogP contribution in [0.3, 0.4) is 0 Å². The van der Waals surface area contributed by atoms with Crippen LogP contribution in [0.2, 0.25) is 0 Å². The van der Waals surface area contributed by atoms with Crippen molar-refractivity contribution in [3.8, 4) is 5.75 Å². The van der Waals surface area contributed by atoms with Crippen molar-refractivity contribution in [2.45, 2.75) is 6.23 Å². The summed E-state index contributed by atoms with van der Waals surface area (Å²) < 4.78 is 5.04. The van der Waals surface area contributed by atoms with E-state index in [9.17, 15) is 0 Å². The summed E-state index contributed by atoms with van der Waals surface area (Å²) in [6.07, 6.45) is 0.149. The van der Waals surface area contributed by atoms with Gasteiger partial charge in [0, 0.05) is 7.05 Å². The lowest BCUT2D eigenvalue weighted by Gasteiger charge is -1.99. The molecule has 2 atom stereocenters. The highest BCUT2D eigenvalue weighted by molar-refractivity contribution is 5.28. The van der Waals surface area contributed by atoms with Gasteiger partial charge >= 0.3 is 0 Å². The van der Waals surface area contributed by atoms with E-state index in [1.807, 2.05) is 36.4 Å². The second kappa shape index (κ2) is 2.77. The normalized spacial score (nSPS) is 26.8. The molecule has 2 rings (SSSR count). The van der Waals surface area contributed by atoms with Gasteiger partial charge in [0.05, 0.1) is 7.11 Å². The fourth-order valence-corrected chi connectivity index (χ4v) is 1.17. The Labute approximate surface area is 71.5 Å². The van der Waals surface area contributed by atoms with Crippen LogP contribution in [-0.2, 0) is 4.84 Å². The Balaban J connectivity index is 2.14. The molecule has 1 unspecified atom stereocenters. The van der Waals surface area contributed by atoms with Crippen LogP contribution in [0.5, 0.6) is 5.75 Å². The number of methoxy groups -OCH3 is 1. The minimum absolute atomic E-state index is 0.149. The summed E-state index contributed by atoms with van der Waals surface area (Å²) in [6.45, 7) is 0. The van der Waals surface area contributed by atoms with Gasteiger partial charge in [0.25, 0.3) is 0 Å². The second-order valence-corrected chi connectivity index (χ2v) is 2.78. The van der Waals surface area contributed by atoms with Crippen molar-refractivity contribution < 1.29 is 9.57 Å². The summed E-state index contributed by atoms with van der Waals surface area (Å²) >= 11 is 0. The maximum atomic E-state index is 5.17. The smallest absolute Gasteiger partial charge is 0.179 e. The maximum Gasteiger partial charge on any atom is 0.179 e. The predicted molar refractivity (Wildman–Crippen MR) is 44.6 cm³/mol. The van der Waals surface area contributed by atoms with E-state index in [0.717, 1.165) is 5.75 Å². The average Bonchev–Trinajstić information content (AvgIpc) is 2.83. The van der Waals surface area contributed by atoms with Crippen molar-refractivity contribution in [2.24, 2.45) is 0 Å².